The van der Waals surface area contributed by atoms with Gasteiger partial charge in [0, 0.05) is 11.1 Å². The van der Waals surface area contributed by atoms with E-state index >= 15 is 0 Å². The molecule has 0 bridgehead atoms. The lowest BCUT2D eigenvalue weighted by molar-refractivity contribution is 0.924. The molecule has 4 rings (SSSR count). The smallest absolute Gasteiger partial charge is 0.0255 e. The molecule has 0 aliphatic carbocycles. The molecule has 0 saturated heterocycles. The number of aryl methyl sites for hydroxylation is 2. The number of benzene rings is 4. The van der Waals surface area contributed by atoms with Crippen molar-refractivity contribution < 1.29 is 0 Å². The molecule has 28 heavy (non-hydrogen) atoms. The lowest BCUT2D eigenvalue weighted by Crippen LogP contribution is -1.84. The minimum absolute atomic E-state index is 1.04. The van der Waals surface area contributed by atoms with E-state index in [2.05, 4.69) is 111 Å². The monoisotopic (exact) mass is 360 g/mol. The van der Waals surface area contributed by atoms with E-state index in [-0.39, 0.29) is 0 Å². The fourth-order valence-corrected chi connectivity index (χ4v) is 3.45. The normalized spacial score (nSPS) is 10.5. The van der Waals surface area contributed by atoms with Crippen LogP contribution >= 0.6 is 0 Å². The van der Waals surface area contributed by atoms with Crippen molar-refractivity contribution >= 4 is 10.8 Å². The molecule has 0 amide bonds. The maximum atomic E-state index is 3.31. The highest BCUT2D eigenvalue weighted by molar-refractivity contribution is 5.84. The molecular weight excluding hydrogens is 336 g/mol. The van der Waals surface area contributed by atoms with Crippen LogP contribution in [0, 0.1) is 18.8 Å². The molecule has 0 atom stereocenters. The van der Waals surface area contributed by atoms with Crippen molar-refractivity contribution in [2.24, 2.45) is 0 Å². The number of hydrogen-bond acceptors (Lipinski definition) is 0. The Morgan fingerprint density at radius 2 is 1.18 bits per heavy atom. The summed E-state index contributed by atoms with van der Waals surface area (Å²) in [4.78, 5) is 0. The first kappa shape index (κ1) is 18.1. The molecule has 0 aliphatic rings. The van der Waals surface area contributed by atoms with Gasteiger partial charge in [-0.2, -0.15) is 0 Å². The second kappa shape index (κ2) is 8.15. The summed E-state index contributed by atoms with van der Waals surface area (Å²) >= 11 is 0. The van der Waals surface area contributed by atoms with E-state index in [1.54, 1.807) is 0 Å². The van der Waals surface area contributed by atoms with Crippen LogP contribution in [0.15, 0.2) is 84.9 Å². The Morgan fingerprint density at radius 1 is 0.607 bits per heavy atom. The molecule has 0 fully saturated rings. The SMILES string of the molecule is CCCc1ccc2cc(C#Cc3ccc(-c4ccc(C)cc4)cc3)ccc2c1. The average molecular weight is 360 g/mol. The highest BCUT2D eigenvalue weighted by Gasteiger charge is 1.99. The maximum Gasteiger partial charge on any atom is 0.0255 e. The maximum absolute atomic E-state index is 3.31. The summed E-state index contributed by atoms with van der Waals surface area (Å²) in [5, 5.41) is 2.54. The summed E-state index contributed by atoms with van der Waals surface area (Å²) in [7, 11) is 0. The van der Waals surface area contributed by atoms with E-state index in [1.165, 1.54) is 39.4 Å². The van der Waals surface area contributed by atoms with Crippen molar-refractivity contribution in [3.63, 3.8) is 0 Å². The second-order valence-corrected chi connectivity index (χ2v) is 7.34. The van der Waals surface area contributed by atoms with Gasteiger partial charge in [-0.1, -0.05) is 91.4 Å². The Labute approximate surface area is 167 Å². The number of hydrogen-bond donors (Lipinski definition) is 0. The fourth-order valence-electron chi connectivity index (χ4n) is 3.45. The lowest BCUT2D eigenvalue weighted by atomic mass is 10.0. The van der Waals surface area contributed by atoms with Crippen LogP contribution in [0.4, 0.5) is 0 Å². The van der Waals surface area contributed by atoms with Crippen molar-refractivity contribution in [3.8, 4) is 23.0 Å². The molecule has 4 aromatic rings. The molecular formula is C28H24. The van der Waals surface area contributed by atoms with Gasteiger partial charge in [0.05, 0.1) is 0 Å². The van der Waals surface area contributed by atoms with E-state index in [0.717, 1.165) is 17.5 Å². The van der Waals surface area contributed by atoms with E-state index in [9.17, 15) is 0 Å². The first-order valence-corrected chi connectivity index (χ1v) is 9.93. The summed E-state index contributed by atoms with van der Waals surface area (Å²) in [6, 6.07) is 30.3. The minimum Gasteiger partial charge on any atom is -0.0651 e. The zero-order valence-electron chi connectivity index (χ0n) is 16.5. The molecule has 0 heteroatoms. The van der Waals surface area contributed by atoms with Gasteiger partial charge >= 0.3 is 0 Å². The summed E-state index contributed by atoms with van der Waals surface area (Å²) in [5.74, 6) is 6.60. The first-order valence-electron chi connectivity index (χ1n) is 9.93. The molecule has 0 N–H and O–H groups in total. The Kier molecular flexibility index (Phi) is 5.27. The second-order valence-electron chi connectivity index (χ2n) is 7.34. The van der Waals surface area contributed by atoms with Gasteiger partial charge < -0.3 is 0 Å². The van der Waals surface area contributed by atoms with Gasteiger partial charge in [-0.15, -0.1) is 0 Å². The highest BCUT2D eigenvalue weighted by atomic mass is 14.0. The van der Waals surface area contributed by atoms with Crippen LogP contribution in [0.5, 0.6) is 0 Å². The number of rotatable bonds is 3. The van der Waals surface area contributed by atoms with Crippen LogP contribution < -0.4 is 0 Å². The van der Waals surface area contributed by atoms with Crippen LogP contribution in [0.1, 0.15) is 35.6 Å². The van der Waals surface area contributed by atoms with Crippen molar-refractivity contribution in [1.29, 1.82) is 0 Å². The van der Waals surface area contributed by atoms with Crippen molar-refractivity contribution in [3.05, 3.63) is 107 Å². The van der Waals surface area contributed by atoms with Gasteiger partial charge in [0.2, 0.25) is 0 Å². The Morgan fingerprint density at radius 3 is 1.89 bits per heavy atom. The van der Waals surface area contributed by atoms with E-state index in [0.29, 0.717) is 0 Å². The molecule has 0 aromatic heterocycles. The van der Waals surface area contributed by atoms with Crippen LogP contribution in [0.25, 0.3) is 21.9 Å². The minimum atomic E-state index is 1.04. The summed E-state index contributed by atoms with van der Waals surface area (Å²) in [6.07, 6.45) is 2.31. The molecule has 136 valence electrons. The van der Waals surface area contributed by atoms with Crippen molar-refractivity contribution in [2.45, 2.75) is 26.7 Å². The zero-order valence-corrected chi connectivity index (χ0v) is 16.5. The quantitative estimate of drug-likeness (QED) is 0.340. The standard InChI is InChI=1S/C28H24/c1-3-4-23-11-17-28-20-24(12-18-27(28)19-23)8-7-22-9-15-26(16-10-22)25-13-5-21(2)6-14-25/h5-6,9-20H,3-4H2,1-2H3. The Hall–Kier alpha value is -3.30. The van der Waals surface area contributed by atoms with Crippen LogP contribution in [0.2, 0.25) is 0 Å². The fraction of sp³-hybridized carbons (Fsp3) is 0.143. The van der Waals surface area contributed by atoms with Gasteiger partial charge in [-0.3, -0.25) is 0 Å². The zero-order chi connectivity index (χ0) is 19.3. The van der Waals surface area contributed by atoms with E-state index in [1.807, 2.05) is 0 Å². The summed E-state index contributed by atoms with van der Waals surface area (Å²) < 4.78 is 0. The highest BCUT2D eigenvalue weighted by Crippen LogP contribution is 2.21. The van der Waals surface area contributed by atoms with E-state index in [4.69, 9.17) is 0 Å². The largest absolute Gasteiger partial charge is 0.0651 e. The molecule has 0 unspecified atom stereocenters. The van der Waals surface area contributed by atoms with Gasteiger partial charge in [-0.25, -0.2) is 0 Å². The van der Waals surface area contributed by atoms with Gasteiger partial charge in [0.25, 0.3) is 0 Å². The average Bonchev–Trinajstić information content (AvgIpc) is 2.73. The molecule has 0 radical (unpaired) electrons. The number of fused-ring (bicyclic) bond motifs is 1. The molecule has 0 spiro atoms. The third-order valence-corrected chi connectivity index (χ3v) is 5.06. The van der Waals surface area contributed by atoms with Crippen LogP contribution in [0.3, 0.4) is 0 Å². The van der Waals surface area contributed by atoms with Gasteiger partial charge in [0.1, 0.15) is 0 Å². The van der Waals surface area contributed by atoms with Crippen molar-refractivity contribution in [1.82, 2.24) is 0 Å². The van der Waals surface area contributed by atoms with Gasteiger partial charge in [-0.05, 0) is 65.1 Å². The molecule has 0 saturated carbocycles. The van der Waals surface area contributed by atoms with Crippen molar-refractivity contribution in [2.75, 3.05) is 0 Å². The molecule has 4 aromatic carbocycles. The predicted octanol–water partition coefficient (Wildman–Crippen LogP) is 7.17. The molecule has 0 heterocycles. The first-order chi connectivity index (χ1) is 13.7. The lowest BCUT2D eigenvalue weighted by Gasteiger charge is -2.03. The van der Waals surface area contributed by atoms with Crippen LogP contribution in [-0.2, 0) is 6.42 Å². The molecule has 0 aliphatic heterocycles. The summed E-state index contributed by atoms with van der Waals surface area (Å²) in [5.41, 5.74) is 7.24. The van der Waals surface area contributed by atoms with Crippen LogP contribution in [-0.4, -0.2) is 0 Å². The third-order valence-electron chi connectivity index (χ3n) is 5.06. The Bertz CT molecular complexity index is 1150. The molecule has 0 nitrogen and oxygen atoms in total. The predicted molar refractivity (Wildman–Crippen MR) is 121 cm³/mol. The Balaban J connectivity index is 1.54. The van der Waals surface area contributed by atoms with E-state index < -0.39 is 0 Å². The summed E-state index contributed by atoms with van der Waals surface area (Å²) in [6.45, 7) is 4.33. The third kappa shape index (κ3) is 4.16. The van der Waals surface area contributed by atoms with Gasteiger partial charge in [0.15, 0.2) is 0 Å². The topological polar surface area (TPSA) is 0 Å².